The maximum absolute atomic E-state index is 12.5. The molecule has 1 aliphatic rings. The molecule has 12 heteroatoms. The van der Waals surface area contributed by atoms with Gasteiger partial charge in [0.2, 0.25) is 17.7 Å². The number of nitrogens with one attached hydrogen (secondary N) is 2. The van der Waals surface area contributed by atoms with E-state index in [1.807, 2.05) is 0 Å². The zero-order valence-electron chi connectivity index (χ0n) is 16.8. The van der Waals surface area contributed by atoms with Crippen LogP contribution in [0.1, 0.15) is 39.5 Å². The SMILES string of the molecule is CC(N)C(=O)N1CCCC1C(=O)NC(C)C(=O)NC(CCCN=C(N)N)C(=O)O. The van der Waals surface area contributed by atoms with Gasteiger partial charge in [0.25, 0.3) is 0 Å². The Hall–Kier alpha value is -2.89. The second-order valence-corrected chi connectivity index (χ2v) is 7.06. The first kappa shape index (κ1) is 24.1. The van der Waals surface area contributed by atoms with Crippen LogP contribution in [0.3, 0.4) is 0 Å². The highest BCUT2D eigenvalue weighted by molar-refractivity contribution is 5.94. The quantitative estimate of drug-likeness (QED) is 0.127. The van der Waals surface area contributed by atoms with Gasteiger partial charge >= 0.3 is 5.97 Å². The van der Waals surface area contributed by atoms with Crippen molar-refractivity contribution >= 4 is 29.7 Å². The number of carboxylic acids is 1. The summed E-state index contributed by atoms with van der Waals surface area (Å²) in [7, 11) is 0. The van der Waals surface area contributed by atoms with E-state index in [1.165, 1.54) is 11.8 Å². The van der Waals surface area contributed by atoms with Gasteiger partial charge in [0.05, 0.1) is 6.04 Å². The molecule has 0 radical (unpaired) electrons. The zero-order valence-corrected chi connectivity index (χ0v) is 16.8. The minimum atomic E-state index is -1.20. The van der Waals surface area contributed by atoms with Crippen LogP contribution >= 0.6 is 0 Å². The van der Waals surface area contributed by atoms with Gasteiger partial charge in [-0.15, -0.1) is 0 Å². The van der Waals surface area contributed by atoms with Gasteiger partial charge in [-0.25, -0.2) is 4.79 Å². The van der Waals surface area contributed by atoms with Gasteiger partial charge in [-0.2, -0.15) is 0 Å². The van der Waals surface area contributed by atoms with Crippen LogP contribution in [0.2, 0.25) is 0 Å². The van der Waals surface area contributed by atoms with Crippen molar-refractivity contribution in [3.05, 3.63) is 0 Å². The van der Waals surface area contributed by atoms with Crippen LogP contribution in [0, 0.1) is 0 Å². The number of aliphatic imine (C=N–C) groups is 1. The number of hydrogen-bond acceptors (Lipinski definition) is 6. The maximum Gasteiger partial charge on any atom is 0.326 e. The van der Waals surface area contributed by atoms with E-state index in [1.54, 1.807) is 6.92 Å². The molecule has 12 nitrogen and oxygen atoms in total. The number of rotatable bonds is 10. The molecule has 4 unspecified atom stereocenters. The summed E-state index contributed by atoms with van der Waals surface area (Å²) in [5.74, 6) is -2.74. The van der Waals surface area contributed by atoms with Crippen molar-refractivity contribution in [1.29, 1.82) is 0 Å². The topological polar surface area (TPSA) is 206 Å². The first-order valence-corrected chi connectivity index (χ1v) is 9.49. The fourth-order valence-corrected chi connectivity index (χ4v) is 3.00. The summed E-state index contributed by atoms with van der Waals surface area (Å²) in [4.78, 5) is 53.5. The molecule has 0 spiro atoms. The van der Waals surface area contributed by atoms with Gasteiger partial charge in [-0.3, -0.25) is 19.4 Å². The summed E-state index contributed by atoms with van der Waals surface area (Å²) in [6, 6.07) is -3.54. The minimum Gasteiger partial charge on any atom is -0.480 e. The predicted molar refractivity (Wildman–Crippen MR) is 105 cm³/mol. The molecule has 3 amide bonds. The summed E-state index contributed by atoms with van der Waals surface area (Å²) < 4.78 is 0. The van der Waals surface area contributed by atoms with Crippen LogP contribution in [-0.2, 0) is 19.2 Å². The lowest BCUT2D eigenvalue weighted by Gasteiger charge is -2.27. The second-order valence-electron chi connectivity index (χ2n) is 7.06. The van der Waals surface area contributed by atoms with Crippen LogP contribution in [0.5, 0.6) is 0 Å². The highest BCUT2D eigenvalue weighted by Gasteiger charge is 2.36. The van der Waals surface area contributed by atoms with E-state index >= 15 is 0 Å². The molecule has 0 aromatic rings. The highest BCUT2D eigenvalue weighted by atomic mass is 16.4. The van der Waals surface area contributed by atoms with Crippen LogP contribution in [0.25, 0.3) is 0 Å². The molecule has 1 heterocycles. The van der Waals surface area contributed by atoms with Gasteiger partial charge < -0.3 is 37.8 Å². The van der Waals surface area contributed by atoms with Crippen LogP contribution in [-0.4, -0.2) is 76.9 Å². The van der Waals surface area contributed by atoms with Gasteiger partial charge in [0, 0.05) is 13.1 Å². The maximum atomic E-state index is 12.5. The van der Waals surface area contributed by atoms with Crippen LogP contribution in [0.4, 0.5) is 0 Å². The van der Waals surface area contributed by atoms with E-state index in [0.29, 0.717) is 25.8 Å². The Kier molecular flexibility index (Phi) is 9.32. The molecule has 1 aliphatic heterocycles. The van der Waals surface area contributed by atoms with Crippen molar-refractivity contribution in [2.75, 3.05) is 13.1 Å². The largest absolute Gasteiger partial charge is 0.480 e. The van der Waals surface area contributed by atoms with E-state index in [9.17, 15) is 24.3 Å². The predicted octanol–water partition coefficient (Wildman–Crippen LogP) is -2.55. The summed E-state index contributed by atoms with van der Waals surface area (Å²) in [5.41, 5.74) is 16.0. The number of hydrogen-bond donors (Lipinski definition) is 6. The normalized spacial score (nSPS) is 19.0. The van der Waals surface area contributed by atoms with E-state index in [-0.39, 0.29) is 24.8 Å². The lowest BCUT2D eigenvalue weighted by atomic mass is 10.1. The van der Waals surface area contributed by atoms with E-state index in [2.05, 4.69) is 15.6 Å². The van der Waals surface area contributed by atoms with Gasteiger partial charge in [0.1, 0.15) is 18.1 Å². The summed E-state index contributed by atoms with van der Waals surface area (Å²) in [5, 5.41) is 14.2. The Labute approximate surface area is 169 Å². The molecule has 0 bridgehead atoms. The Morgan fingerprint density at radius 1 is 1.21 bits per heavy atom. The third-order valence-electron chi connectivity index (χ3n) is 4.54. The smallest absolute Gasteiger partial charge is 0.326 e. The number of guanidine groups is 1. The fraction of sp³-hybridized carbons (Fsp3) is 0.706. The molecule has 4 atom stereocenters. The molecule has 0 aromatic heterocycles. The number of nitrogens with two attached hydrogens (primary N) is 3. The fourth-order valence-electron chi connectivity index (χ4n) is 3.00. The van der Waals surface area contributed by atoms with E-state index in [0.717, 1.165) is 0 Å². The van der Waals surface area contributed by atoms with E-state index < -0.39 is 42.0 Å². The standard InChI is InChI=1S/C17H31N7O5/c1-9(18)15(27)24-8-4-6-12(24)14(26)22-10(2)13(25)23-11(16(28)29)5-3-7-21-17(19)20/h9-12H,3-8,18H2,1-2H3,(H,22,26)(H,23,25)(H,28,29)(H4,19,20,21). The van der Waals surface area contributed by atoms with Crippen molar-refractivity contribution < 1.29 is 24.3 Å². The summed E-state index contributed by atoms with van der Waals surface area (Å²) in [6.45, 7) is 3.65. The second kappa shape index (κ2) is 11.2. The molecule has 164 valence electrons. The Balaban J connectivity index is 2.60. The molecule has 9 N–H and O–H groups in total. The van der Waals surface area contributed by atoms with Crippen molar-refractivity contribution in [2.24, 2.45) is 22.2 Å². The third kappa shape index (κ3) is 7.56. The third-order valence-corrected chi connectivity index (χ3v) is 4.54. The highest BCUT2D eigenvalue weighted by Crippen LogP contribution is 2.18. The van der Waals surface area contributed by atoms with Gasteiger partial charge in [-0.05, 0) is 39.5 Å². The number of likely N-dealkylation sites (tertiary alicyclic amines) is 1. The molecule has 1 saturated heterocycles. The molecule has 0 aromatic carbocycles. The first-order valence-electron chi connectivity index (χ1n) is 9.49. The van der Waals surface area contributed by atoms with Crippen molar-refractivity contribution in [3.8, 4) is 0 Å². The molecule has 1 fully saturated rings. The minimum absolute atomic E-state index is 0.0966. The number of amides is 3. The number of carbonyl (C=O) groups is 4. The first-order chi connectivity index (χ1) is 13.5. The Morgan fingerprint density at radius 3 is 2.41 bits per heavy atom. The lowest BCUT2D eigenvalue weighted by molar-refractivity contribution is -0.143. The van der Waals surface area contributed by atoms with Crippen LogP contribution < -0.4 is 27.8 Å². The molecule has 0 saturated carbocycles. The van der Waals surface area contributed by atoms with Gasteiger partial charge in [0.15, 0.2) is 5.96 Å². The molecule has 29 heavy (non-hydrogen) atoms. The molecule has 1 rings (SSSR count). The monoisotopic (exact) mass is 413 g/mol. The van der Waals surface area contributed by atoms with Crippen molar-refractivity contribution in [1.82, 2.24) is 15.5 Å². The number of aliphatic carboxylic acids is 1. The molecular weight excluding hydrogens is 382 g/mol. The van der Waals surface area contributed by atoms with E-state index in [4.69, 9.17) is 17.2 Å². The molecule has 0 aliphatic carbocycles. The average molecular weight is 413 g/mol. The number of carboxylic acid groups (broad SMARTS) is 1. The Morgan fingerprint density at radius 2 is 1.86 bits per heavy atom. The summed E-state index contributed by atoms with van der Waals surface area (Å²) in [6.07, 6.45) is 1.61. The number of nitrogens with zero attached hydrogens (tertiary/aromatic N) is 2. The van der Waals surface area contributed by atoms with Crippen molar-refractivity contribution in [2.45, 2.75) is 63.7 Å². The van der Waals surface area contributed by atoms with Crippen molar-refractivity contribution in [3.63, 3.8) is 0 Å². The Bertz CT molecular complexity index is 648. The molecular formula is C17H31N7O5. The zero-order chi connectivity index (χ0) is 22.1. The van der Waals surface area contributed by atoms with Crippen LogP contribution in [0.15, 0.2) is 4.99 Å². The lowest BCUT2D eigenvalue weighted by Crippen LogP contribution is -2.55. The number of carbonyl (C=O) groups excluding carboxylic acids is 3. The summed E-state index contributed by atoms with van der Waals surface area (Å²) >= 11 is 0. The van der Waals surface area contributed by atoms with Gasteiger partial charge in [-0.1, -0.05) is 0 Å². The average Bonchev–Trinajstić information content (AvgIpc) is 3.12.